The van der Waals surface area contributed by atoms with Crippen molar-refractivity contribution in [2.75, 3.05) is 26.2 Å². The second-order valence-corrected chi connectivity index (χ2v) is 5.57. The average molecular weight is 254 g/mol. The number of rotatable bonds is 6. The Hall–Kier alpha value is -0.610. The standard InChI is InChI=1S/C14H26N2O2/c17-14(11-15-10-13-7-4-8-18-13)16-9-12-5-2-1-3-6-12/h12-13,15H,1-11H2,(H,16,17). The quantitative estimate of drug-likeness (QED) is 0.754. The molecule has 0 spiro atoms. The lowest BCUT2D eigenvalue weighted by Gasteiger charge is -2.21. The van der Waals surface area contributed by atoms with E-state index in [0.29, 0.717) is 18.6 Å². The maximum Gasteiger partial charge on any atom is 0.233 e. The van der Waals surface area contributed by atoms with Gasteiger partial charge in [0.05, 0.1) is 12.6 Å². The van der Waals surface area contributed by atoms with Crippen LogP contribution in [0.5, 0.6) is 0 Å². The van der Waals surface area contributed by atoms with Crippen LogP contribution in [0.2, 0.25) is 0 Å². The van der Waals surface area contributed by atoms with Crippen LogP contribution < -0.4 is 10.6 Å². The minimum atomic E-state index is 0.124. The maximum atomic E-state index is 11.6. The third kappa shape index (κ3) is 4.94. The molecule has 0 aromatic carbocycles. The molecule has 0 radical (unpaired) electrons. The van der Waals surface area contributed by atoms with Gasteiger partial charge in [-0.2, -0.15) is 0 Å². The third-order valence-corrected chi connectivity index (χ3v) is 3.99. The first-order valence-electron chi connectivity index (χ1n) is 7.43. The van der Waals surface area contributed by atoms with E-state index in [9.17, 15) is 4.79 Å². The Morgan fingerprint density at radius 3 is 2.61 bits per heavy atom. The molecule has 18 heavy (non-hydrogen) atoms. The second-order valence-electron chi connectivity index (χ2n) is 5.57. The minimum absolute atomic E-state index is 0.124. The van der Waals surface area contributed by atoms with Crippen LogP contribution in [0.15, 0.2) is 0 Å². The normalized spacial score (nSPS) is 25.2. The van der Waals surface area contributed by atoms with Crippen molar-refractivity contribution in [1.29, 1.82) is 0 Å². The number of amides is 1. The maximum absolute atomic E-state index is 11.6. The first kappa shape index (κ1) is 13.8. The van der Waals surface area contributed by atoms with Gasteiger partial charge in [0.2, 0.25) is 5.91 Å². The summed E-state index contributed by atoms with van der Waals surface area (Å²) in [5.74, 6) is 0.833. The van der Waals surface area contributed by atoms with Crippen LogP contribution in [0.3, 0.4) is 0 Å². The van der Waals surface area contributed by atoms with Crippen molar-refractivity contribution >= 4 is 5.91 Å². The molecule has 1 atom stereocenters. The molecular formula is C14H26N2O2. The summed E-state index contributed by atoms with van der Waals surface area (Å²) in [6.45, 7) is 2.96. The van der Waals surface area contributed by atoms with Crippen LogP contribution in [0.25, 0.3) is 0 Å². The molecule has 1 saturated carbocycles. The predicted octanol–water partition coefficient (Wildman–Crippen LogP) is 1.45. The fraction of sp³-hybridized carbons (Fsp3) is 0.929. The van der Waals surface area contributed by atoms with Crippen molar-refractivity contribution in [2.45, 2.75) is 51.0 Å². The molecule has 1 unspecified atom stereocenters. The molecule has 0 bridgehead atoms. The summed E-state index contributed by atoms with van der Waals surface area (Å²) < 4.78 is 5.50. The van der Waals surface area contributed by atoms with Gasteiger partial charge in [-0.1, -0.05) is 19.3 Å². The van der Waals surface area contributed by atoms with Crippen LogP contribution >= 0.6 is 0 Å². The van der Waals surface area contributed by atoms with Gasteiger partial charge < -0.3 is 15.4 Å². The van der Waals surface area contributed by atoms with Crippen molar-refractivity contribution in [3.05, 3.63) is 0 Å². The summed E-state index contributed by atoms with van der Waals surface area (Å²) in [7, 11) is 0. The monoisotopic (exact) mass is 254 g/mol. The fourth-order valence-corrected chi connectivity index (χ4v) is 2.86. The van der Waals surface area contributed by atoms with Gasteiger partial charge in [0.1, 0.15) is 0 Å². The number of hydrogen-bond acceptors (Lipinski definition) is 3. The van der Waals surface area contributed by atoms with E-state index in [1.54, 1.807) is 0 Å². The van der Waals surface area contributed by atoms with Gasteiger partial charge in [-0.05, 0) is 31.6 Å². The zero-order valence-corrected chi connectivity index (χ0v) is 11.2. The van der Waals surface area contributed by atoms with E-state index < -0.39 is 0 Å². The number of ether oxygens (including phenoxy) is 1. The summed E-state index contributed by atoms with van der Waals surface area (Å²) in [5, 5.41) is 6.21. The molecule has 1 amide bonds. The highest BCUT2D eigenvalue weighted by Gasteiger charge is 2.16. The molecule has 1 aliphatic heterocycles. The molecule has 4 heteroatoms. The lowest BCUT2D eigenvalue weighted by atomic mass is 9.89. The molecule has 2 fully saturated rings. The summed E-state index contributed by atoms with van der Waals surface area (Å²) in [5.41, 5.74) is 0. The lowest BCUT2D eigenvalue weighted by molar-refractivity contribution is -0.120. The molecule has 1 heterocycles. The van der Waals surface area contributed by atoms with E-state index in [4.69, 9.17) is 4.74 Å². The average Bonchev–Trinajstić information content (AvgIpc) is 2.91. The van der Waals surface area contributed by atoms with Crippen LogP contribution in [-0.4, -0.2) is 38.3 Å². The van der Waals surface area contributed by atoms with E-state index >= 15 is 0 Å². The fourth-order valence-electron chi connectivity index (χ4n) is 2.86. The Kier molecular flexibility index (Phi) is 5.94. The Morgan fingerprint density at radius 2 is 1.89 bits per heavy atom. The first-order chi connectivity index (χ1) is 8.84. The molecule has 1 saturated heterocycles. The first-order valence-corrected chi connectivity index (χ1v) is 7.43. The highest BCUT2D eigenvalue weighted by molar-refractivity contribution is 5.77. The molecule has 104 valence electrons. The van der Waals surface area contributed by atoms with Crippen molar-refractivity contribution in [2.24, 2.45) is 5.92 Å². The number of carbonyl (C=O) groups excluding carboxylic acids is 1. The summed E-state index contributed by atoms with van der Waals surface area (Å²) in [4.78, 5) is 11.6. The largest absolute Gasteiger partial charge is 0.377 e. The van der Waals surface area contributed by atoms with E-state index in [1.165, 1.54) is 32.1 Å². The van der Waals surface area contributed by atoms with Crippen molar-refractivity contribution in [1.82, 2.24) is 10.6 Å². The van der Waals surface area contributed by atoms with Crippen LogP contribution in [-0.2, 0) is 9.53 Å². The van der Waals surface area contributed by atoms with Crippen LogP contribution in [0.1, 0.15) is 44.9 Å². The lowest BCUT2D eigenvalue weighted by Crippen LogP contribution is -2.39. The SMILES string of the molecule is O=C(CNCC1CCCO1)NCC1CCCCC1. The number of nitrogens with one attached hydrogen (secondary N) is 2. The second kappa shape index (κ2) is 7.74. The number of carbonyl (C=O) groups is 1. The van der Waals surface area contributed by atoms with Gasteiger partial charge >= 0.3 is 0 Å². The zero-order chi connectivity index (χ0) is 12.6. The van der Waals surface area contributed by atoms with Crippen LogP contribution in [0.4, 0.5) is 0 Å². The molecule has 0 aromatic heterocycles. The topological polar surface area (TPSA) is 50.4 Å². The molecule has 0 aromatic rings. The van der Waals surface area contributed by atoms with Crippen molar-refractivity contribution < 1.29 is 9.53 Å². The number of hydrogen-bond donors (Lipinski definition) is 2. The highest BCUT2D eigenvalue weighted by Crippen LogP contribution is 2.22. The summed E-state index contributed by atoms with van der Waals surface area (Å²) >= 11 is 0. The molecule has 2 rings (SSSR count). The Balaban J connectivity index is 1.49. The molecular weight excluding hydrogens is 228 g/mol. The van der Waals surface area contributed by atoms with E-state index in [-0.39, 0.29) is 5.91 Å². The summed E-state index contributed by atoms with van der Waals surface area (Å²) in [6, 6.07) is 0. The Morgan fingerprint density at radius 1 is 1.06 bits per heavy atom. The predicted molar refractivity (Wildman–Crippen MR) is 71.4 cm³/mol. The van der Waals surface area contributed by atoms with E-state index in [2.05, 4.69) is 10.6 Å². The van der Waals surface area contributed by atoms with Gasteiger partial charge in [0.15, 0.2) is 0 Å². The van der Waals surface area contributed by atoms with E-state index in [0.717, 1.165) is 32.5 Å². The van der Waals surface area contributed by atoms with Gasteiger partial charge in [-0.25, -0.2) is 0 Å². The van der Waals surface area contributed by atoms with E-state index in [1.807, 2.05) is 0 Å². The van der Waals surface area contributed by atoms with Gasteiger partial charge in [-0.15, -0.1) is 0 Å². The third-order valence-electron chi connectivity index (χ3n) is 3.99. The summed E-state index contributed by atoms with van der Waals surface area (Å²) in [6.07, 6.45) is 9.18. The Labute approximate surface area is 110 Å². The molecule has 1 aliphatic carbocycles. The minimum Gasteiger partial charge on any atom is -0.377 e. The van der Waals surface area contributed by atoms with Gasteiger partial charge in [-0.3, -0.25) is 4.79 Å². The molecule has 2 N–H and O–H groups in total. The highest BCUT2D eigenvalue weighted by atomic mass is 16.5. The van der Waals surface area contributed by atoms with Crippen molar-refractivity contribution in [3.8, 4) is 0 Å². The van der Waals surface area contributed by atoms with Gasteiger partial charge in [0, 0.05) is 19.7 Å². The van der Waals surface area contributed by atoms with Crippen LogP contribution in [0, 0.1) is 5.92 Å². The molecule has 2 aliphatic rings. The smallest absolute Gasteiger partial charge is 0.233 e. The molecule has 4 nitrogen and oxygen atoms in total. The van der Waals surface area contributed by atoms with Crippen molar-refractivity contribution in [3.63, 3.8) is 0 Å². The Bertz CT molecular complexity index is 246. The zero-order valence-electron chi connectivity index (χ0n) is 11.2. The van der Waals surface area contributed by atoms with Gasteiger partial charge in [0.25, 0.3) is 0 Å².